The molecule has 0 unspecified atom stereocenters. The third kappa shape index (κ3) is 1.63. The lowest BCUT2D eigenvalue weighted by molar-refractivity contribution is 0.940. The third-order valence-electron chi connectivity index (χ3n) is 4.22. The van der Waals surface area contributed by atoms with E-state index >= 15 is 0 Å². The van der Waals surface area contributed by atoms with E-state index in [0.717, 1.165) is 50.6 Å². The number of benzene rings is 2. The molecule has 2 N–H and O–H groups in total. The van der Waals surface area contributed by atoms with Gasteiger partial charge in [0.2, 0.25) is 0 Å². The van der Waals surface area contributed by atoms with Crippen molar-refractivity contribution in [2.24, 2.45) is 0 Å². The van der Waals surface area contributed by atoms with Gasteiger partial charge >= 0.3 is 0 Å². The summed E-state index contributed by atoms with van der Waals surface area (Å²) in [6, 6.07) is 14.3. The first-order valence-electron chi connectivity index (χ1n) is 7.35. The Kier molecular flexibility index (Phi) is 2.33. The van der Waals surface area contributed by atoms with Crippen molar-refractivity contribution in [1.82, 2.24) is 30.8 Å². The van der Waals surface area contributed by atoms with Gasteiger partial charge in [-0.2, -0.15) is 30.8 Å². The minimum absolute atomic E-state index is 0.833. The van der Waals surface area contributed by atoms with Crippen LogP contribution in [0.4, 0.5) is 0 Å². The van der Waals surface area contributed by atoms with Crippen LogP contribution in [-0.2, 0) is 0 Å². The van der Waals surface area contributed by atoms with Gasteiger partial charge in [0.15, 0.2) is 0 Å². The summed E-state index contributed by atoms with van der Waals surface area (Å²) in [5.41, 5.74) is 8.52. The molecule has 1 aliphatic carbocycles. The maximum absolute atomic E-state index is 4.40. The van der Waals surface area contributed by atoms with E-state index < -0.39 is 0 Å². The summed E-state index contributed by atoms with van der Waals surface area (Å²) in [4.78, 5) is 0. The predicted octanol–water partition coefficient (Wildman–Crippen LogP) is 3.21. The highest BCUT2D eigenvalue weighted by Gasteiger charge is 2.26. The molecule has 0 radical (unpaired) electrons. The second kappa shape index (κ2) is 4.36. The van der Waals surface area contributed by atoms with Crippen LogP contribution in [0.2, 0.25) is 0 Å². The minimum Gasteiger partial charge on any atom is -0.197 e. The van der Waals surface area contributed by atoms with Crippen molar-refractivity contribution < 1.29 is 0 Å². The Hall–Kier alpha value is -3.28. The highest BCUT2D eigenvalue weighted by molar-refractivity contribution is 5.98. The number of aromatic amines is 2. The first-order valence-corrected chi connectivity index (χ1v) is 7.35. The Balaban J connectivity index is 1.99. The molecule has 0 bridgehead atoms. The first kappa shape index (κ1) is 12.3. The molecule has 0 saturated heterocycles. The van der Waals surface area contributed by atoms with Gasteiger partial charge in [-0.1, -0.05) is 42.0 Å². The normalized spacial score (nSPS) is 11.7. The van der Waals surface area contributed by atoms with Crippen molar-refractivity contribution in [1.29, 1.82) is 0 Å². The van der Waals surface area contributed by atoms with Crippen LogP contribution in [-0.4, -0.2) is 30.8 Å². The van der Waals surface area contributed by atoms with Gasteiger partial charge in [-0.25, -0.2) is 0 Å². The summed E-state index contributed by atoms with van der Waals surface area (Å²) >= 11 is 0. The molecule has 0 amide bonds. The number of aryl methyl sites for hydroxylation is 1. The van der Waals surface area contributed by atoms with Crippen molar-refractivity contribution in [2.45, 2.75) is 6.92 Å². The van der Waals surface area contributed by atoms with Crippen molar-refractivity contribution in [2.75, 3.05) is 0 Å². The zero-order chi connectivity index (χ0) is 15.4. The minimum atomic E-state index is 0.833. The standard InChI is InChI=1S/C17H12N6/c1-9-6-7-12-13(8-9)17-15(19-23-21-17)11-5-3-2-4-10(11)14-16(12)20-22-18-14/h2-8H,1H3,(H,18,20,22)(H,19,21,23). The molecule has 6 nitrogen and oxygen atoms in total. The molecular formula is C17H12N6. The van der Waals surface area contributed by atoms with Crippen molar-refractivity contribution >= 4 is 0 Å². The smallest absolute Gasteiger partial charge is 0.121 e. The SMILES string of the molecule is Cc1ccc2c(c1)-c1n[nH]nc1-c1ccccc1-c1n[nH]nc1-2. The fraction of sp³-hybridized carbons (Fsp3) is 0.0588. The summed E-state index contributed by atoms with van der Waals surface area (Å²) < 4.78 is 0. The molecule has 5 rings (SSSR count). The largest absolute Gasteiger partial charge is 0.197 e. The number of aromatic nitrogens is 6. The lowest BCUT2D eigenvalue weighted by Gasteiger charge is -2.14. The van der Waals surface area contributed by atoms with Gasteiger partial charge in [-0.3, -0.25) is 0 Å². The summed E-state index contributed by atoms with van der Waals surface area (Å²) in [6.07, 6.45) is 0. The molecule has 2 aromatic heterocycles. The lowest BCUT2D eigenvalue weighted by Crippen LogP contribution is -1.96. The molecule has 2 aromatic carbocycles. The van der Waals surface area contributed by atoms with Crippen LogP contribution in [0, 0.1) is 6.92 Å². The van der Waals surface area contributed by atoms with Crippen molar-refractivity contribution in [3.8, 4) is 45.0 Å². The third-order valence-corrected chi connectivity index (χ3v) is 4.22. The second-order valence-corrected chi connectivity index (χ2v) is 5.64. The van der Waals surface area contributed by atoms with Crippen LogP contribution < -0.4 is 0 Å². The van der Waals surface area contributed by atoms with E-state index in [1.165, 1.54) is 0 Å². The van der Waals surface area contributed by atoms with Crippen molar-refractivity contribution in [3.05, 3.63) is 48.0 Å². The summed E-state index contributed by atoms with van der Waals surface area (Å²) in [7, 11) is 0. The molecule has 2 heterocycles. The van der Waals surface area contributed by atoms with E-state index in [4.69, 9.17) is 0 Å². The molecule has 0 atom stereocenters. The van der Waals surface area contributed by atoms with Crippen LogP contribution in [0.5, 0.6) is 0 Å². The highest BCUT2D eigenvalue weighted by Crippen LogP contribution is 2.44. The fourth-order valence-electron chi connectivity index (χ4n) is 3.17. The molecule has 0 spiro atoms. The van der Waals surface area contributed by atoms with Crippen LogP contribution in [0.25, 0.3) is 45.0 Å². The molecule has 0 saturated carbocycles. The number of H-pyrrole nitrogens is 2. The van der Waals surface area contributed by atoms with Crippen LogP contribution in [0.15, 0.2) is 42.5 Å². The van der Waals surface area contributed by atoms with E-state index in [1.54, 1.807) is 0 Å². The zero-order valence-corrected chi connectivity index (χ0v) is 12.3. The Morgan fingerprint density at radius 1 is 0.609 bits per heavy atom. The maximum atomic E-state index is 4.40. The van der Waals surface area contributed by atoms with Gasteiger partial charge in [0.1, 0.15) is 22.8 Å². The van der Waals surface area contributed by atoms with Crippen LogP contribution >= 0.6 is 0 Å². The summed E-state index contributed by atoms with van der Waals surface area (Å²) in [6.45, 7) is 2.07. The number of rotatable bonds is 0. The highest BCUT2D eigenvalue weighted by atomic mass is 15.3. The van der Waals surface area contributed by atoms with Gasteiger partial charge in [-0.15, -0.1) is 0 Å². The van der Waals surface area contributed by atoms with Crippen molar-refractivity contribution in [3.63, 3.8) is 0 Å². The first-order chi connectivity index (χ1) is 11.3. The van der Waals surface area contributed by atoms with Gasteiger partial charge in [0.05, 0.1) is 0 Å². The number of hydrogen-bond donors (Lipinski definition) is 2. The molecule has 1 aliphatic rings. The number of nitrogens with one attached hydrogen (secondary N) is 2. The Bertz CT molecular complexity index is 1040. The number of fused-ring (bicyclic) bond motifs is 8. The molecule has 110 valence electrons. The van der Waals surface area contributed by atoms with E-state index in [2.05, 4.69) is 55.9 Å². The molecule has 4 aromatic rings. The van der Waals surface area contributed by atoms with E-state index in [-0.39, 0.29) is 0 Å². The van der Waals surface area contributed by atoms with Gasteiger partial charge in [0.25, 0.3) is 0 Å². The molecule has 0 fully saturated rings. The van der Waals surface area contributed by atoms with E-state index in [0.29, 0.717) is 0 Å². The zero-order valence-electron chi connectivity index (χ0n) is 12.3. The Morgan fingerprint density at radius 3 is 1.65 bits per heavy atom. The second-order valence-electron chi connectivity index (χ2n) is 5.64. The molecular weight excluding hydrogens is 288 g/mol. The van der Waals surface area contributed by atoms with Gasteiger partial charge in [-0.05, 0) is 13.0 Å². The molecule has 23 heavy (non-hydrogen) atoms. The topological polar surface area (TPSA) is 83.1 Å². The summed E-state index contributed by atoms with van der Waals surface area (Å²) in [5, 5.41) is 23.1. The van der Waals surface area contributed by atoms with E-state index in [9.17, 15) is 0 Å². The number of nitrogens with zero attached hydrogens (tertiary/aromatic N) is 4. The Labute approximate surface area is 131 Å². The molecule has 6 heteroatoms. The summed E-state index contributed by atoms with van der Waals surface area (Å²) in [5.74, 6) is 0. The monoisotopic (exact) mass is 300 g/mol. The predicted molar refractivity (Wildman–Crippen MR) is 86.4 cm³/mol. The Morgan fingerprint density at radius 2 is 1.09 bits per heavy atom. The van der Waals surface area contributed by atoms with E-state index in [1.807, 2.05) is 24.3 Å². The average molecular weight is 300 g/mol. The van der Waals surface area contributed by atoms with Gasteiger partial charge in [0, 0.05) is 22.3 Å². The average Bonchev–Trinajstić information content (AvgIpc) is 3.23. The van der Waals surface area contributed by atoms with Gasteiger partial charge < -0.3 is 0 Å². The molecule has 0 aliphatic heterocycles. The quantitative estimate of drug-likeness (QED) is 0.460. The van der Waals surface area contributed by atoms with Crippen LogP contribution in [0.1, 0.15) is 5.56 Å². The number of hydrogen-bond acceptors (Lipinski definition) is 4. The fourth-order valence-corrected chi connectivity index (χ4v) is 3.17. The lowest BCUT2D eigenvalue weighted by atomic mass is 9.89. The maximum Gasteiger partial charge on any atom is 0.121 e. The van der Waals surface area contributed by atoms with Crippen LogP contribution in [0.3, 0.4) is 0 Å².